The Bertz CT molecular complexity index is 422. The predicted octanol–water partition coefficient (Wildman–Crippen LogP) is 2.64. The van der Waals surface area contributed by atoms with E-state index in [1.165, 1.54) is 0 Å². The highest BCUT2D eigenvalue weighted by atomic mass is 16.7. The molecule has 1 N–H and O–H groups in total. The fourth-order valence-electron chi connectivity index (χ4n) is 1.90. The monoisotopic (exact) mass is 292 g/mol. The molecule has 1 unspecified atom stereocenters. The third-order valence-electron chi connectivity index (χ3n) is 2.98. The summed E-state index contributed by atoms with van der Waals surface area (Å²) in [5.41, 5.74) is 1.14. The first-order valence-electron chi connectivity index (χ1n) is 7.27. The molecule has 0 spiro atoms. The van der Waals surface area contributed by atoms with Gasteiger partial charge in [0.25, 0.3) is 0 Å². The van der Waals surface area contributed by atoms with Gasteiger partial charge in [-0.25, -0.2) is 0 Å². The zero-order chi connectivity index (χ0) is 15.5. The summed E-state index contributed by atoms with van der Waals surface area (Å²) >= 11 is 0. The summed E-state index contributed by atoms with van der Waals surface area (Å²) in [4.78, 5) is 0. The second kappa shape index (κ2) is 10.2. The van der Waals surface area contributed by atoms with Crippen LogP contribution < -0.4 is 10.1 Å². The summed E-state index contributed by atoms with van der Waals surface area (Å²) in [6, 6.07) is 9.84. The highest BCUT2D eigenvalue weighted by Crippen LogP contribution is 2.17. The van der Waals surface area contributed by atoms with E-state index in [-0.39, 0.29) is 18.9 Å². The van der Waals surface area contributed by atoms with E-state index in [0.717, 1.165) is 5.56 Å². The maximum atomic E-state index is 8.47. The zero-order valence-corrected chi connectivity index (χ0v) is 13.0. The number of rotatable bonds is 10. The fraction of sp³-hybridized carbons (Fsp3) is 0.562. The quantitative estimate of drug-likeness (QED) is 0.672. The van der Waals surface area contributed by atoms with Gasteiger partial charge in [-0.1, -0.05) is 12.1 Å². The molecule has 0 radical (unpaired) electrons. The molecule has 0 fully saturated rings. The van der Waals surface area contributed by atoms with Gasteiger partial charge in [0.05, 0.1) is 0 Å². The van der Waals surface area contributed by atoms with E-state index in [4.69, 9.17) is 19.5 Å². The molecule has 0 aromatic heterocycles. The van der Waals surface area contributed by atoms with Crippen molar-refractivity contribution in [3.63, 3.8) is 0 Å². The van der Waals surface area contributed by atoms with Gasteiger partial charge in [-0.2, -0.15) is 5.26 Å². The van der Waals surface area contributed by atoms with Gasteiger partial charge in [0.2, 0.25) is 0 Å². The smallest absolute Gasteiger partial charge is 0.174 e. The van der Waals surface area contributed by atoms with Crippen LogP contribution in [0.4, 0.5) is 0 Å². The standard InChI is InChI=1S/C16H24N2O3/c1-4-19-16(20-5-2)12-18-13(3)14-6-8-15(9-7-14)21-11-10-17/h6-9,13,16,18H,4-5,11-12H2,1-3H3. The fourth-order valence-corrected chi connectivity index (χ4v) is 1.90. The largest absolute Gasteiger partial charge is 0.479 e. The molecule has 0 aliphatic carbocycles. The van der Waals surface area contributed by atoms with Crippen molar-refractivity contribution in [3.05, 3.63) is 29.8 Å². The first-order chi connectivity index (χ1) is 10.2. The molecule has 0 amide bonds. The molecule has 1 aromatic rings. The van der Waals surface area contributed by atoms with E-state index in [9.17, 15) is 0 Å². The summed E-state index contributed by atoms with van der Waals surface area (Å²) in [6.07, 6.45) is -0.222. The number of hydrogen-bond acceptors (Lipinski definition) is 5. The van der Waals surface area contributed by atoms with Crippen LogP contribution in [0.15, 0.2) is 24.3 Å². The van der Waals surface area contributed by atoms with Gasteiger partial charge >= 0.3 is 0 Å². The Morgan fingerprint density at radius 2 is 1.76 bits per heavy atom. The number of nitriles is 1. The van der Waals surface area contributed by atoms with Crippen LogP contribution in [0.3, 0.4) is 0 Å². The van der Waals surface area contributed by atoms with Crippen molar-refractivity contribution < 1.29 is 14.2 Å². The Hall–Kier alpha value is -1.61. The second-order valence-corrected chi connectivity index (χ2v) is 4.49. The van der Waals surface area contributed by atoms with Crippen LogP contribution in [0.5, 0.6) is 5.75 Å². The molecule has 1 aromatic carbocycles. The minimum absolute atomic E-state index is 0.0670. The molecule has 1 atom stereocenters. The summed E-state index contributed by atoms with van der Waals surface area (Å²) in [5, 5.41) is 11.9. The molecule has 116 valence electrons. The van der Waals surface area contributed by atoms with Crippen molar-refractivity contribution in [3.8, 4) is 11.8 Å². The van der Waals surface area contributed by atoms with Gasteiger partial charge < -0.3 is 19.5 Å². The van der Waals surface area contributed by atoms with Crippen molar-refractivity contribution >= 4 is 0 Å². The Labute approximate surface area is 126 Å². The number of benzene rings is 1. The lowest BCUT2D eigenvalue weighted by atomic mass is 10.1. The van der Waals surface area contributed by atoms with E-state index >= 15 is 0 Å². The predicted molar refractivity (Wildman–Crippen MR) is 81.0 cm³/mol. The number of hydrogen-bond donors (Lipinski definition) is 1. The topological polar surface area (TPSA) is 63.5 Å². The Morgan fingerprint density at radius 3 is 2.29 bits per heavy atom. The molecule has 5 heteroatoms. The number of nitrogens with zero attached hydrogens (tertiary/aromatic N) is 1. The van der Waals surface area contributed by atoms with Crippen molar-refractivity contribution in [2.24, 2.45) is 0 Å². The van der Waals surface area contributed by atoms with Crippen LogP contribution in [0, 0.1) is 11.3 Å². The average molecular weight is 292 g/mol. The van der Waals surface area contributed by atoms with Crippen molar-refractivity contribution in [2.75, 3.05) is 26.4 Å². The average Bonchev–Trinajstić information content (AvgIpc) is 2.51. The SMILES string of the molecule is CCOC(CNC(C)c1ccc(OCC#N)cc1)OCC. The van der Waals surface area contributed by atoms with Crippen LogP contribution in [0.1, 0.15) is 32.4 Å². The molecule has 0 aliphatic rings. The summed E-state index contributed by atoms with van der Waals surface area (Å²) in [7, 11) is 0. The van der Waals surface area contributed by atoms with Crippen molar-refractivity contribution in [1.82, 2.24) is 5.32 Å². The van der Waals surface area contributed by atoms with Gasteiger partial charge in [0.15, 0.2) is 12.9 Å². The molecule has 0 saturated carbocycles. The van der Waals surface area contributed by atoms with E-state index in [2.05, 4.69) is 12.2 Å². The van der Waals surface area contributed by atoms with Crippen molar-refractivity contribution in [1.29, 1.82) is 5.26 Å². The normalized spacial score (nSPS) is 12.1. The minimum Gasteiger partial charge on any atom is -0.479 e. The van der Waals surface area contributed by atoms with E-state index in [0.29, 0.717) is 25.5 Å². The molecule has 0 bridgehead atoms. The molecular weight excluding hydrogens is 268 g/mol. The maximum Gasteiger partial charge on any atom is 0.174 e. The van der Waals surface area contributed by atoms with Gasteiger partial charge in [0.1, 0.15) is 11.8 Å². The number of nitrogens with one attached hydrogen (secondary N) is 1. The van der Waals surface area contributed by atoms with Crippen LogP contribution in [0.2, 0.25) is 0 Å². The summed E-state index contributed by atoms with van der Waals surface area (Å²) in [6.45, 7) is 7.95. The van der Waals surface area contributed by atoms with E-state index < -0.39 is 0 Å². The van der Waals surface area contributed by atoms with Gasteiger partial charge in [0, 0.05) is 25.8 Å². The Balaban J connectivity index is 2.47. The van der Waals surface area contributed by atoms with Crippen molar-refractivity contribution in [2.45, 2.75) is 33.1 Å². The molecule has 21 heavy (non-hydrogen) atoms. The van der Waals surface area contributed by atoms with Gasteiger partial charge in [-0.15, -0.1) is 0 Å². The highest BCUT2D eigenvalue weighted by Gasteiger charge is 2.11. The van der Waals surface area contributed by atoms with Gasteiger partial charge in [-0.3, -0.25) is 0 Å². The first kappa shape index (κ1) is 17.4. The lowest BCUT2D eigenvalue weighted by Gasteiger charge is -2.21. The third kappa shape index (κ3) is 6.58. The lowest BCUT2D eigenvalue weighted by molar-refractivity contribution is -0.133. The maximum absolute atomic E-state index is 8.47. The highest BCUT2D eigenvalue weighted by molar-refractivity contribution is 5.29. The zero-order valence-electron chi connectivity index (χ0n) is 13.0. The second-order valence-electron chi connectivity index (χ2n) is 4.49. The number of ether oxygens (including phenoxy) is 3. The first-order valence-corrected chi connectivity index (χ1v) is 7.27. The minimum atomic E-state index is -0.222. The summed E-state index contributed by atoms with van der Waals surface area (Å²) < 4.78 is 16.2. The molecule has 0 aliphatic heterocycles. The third-order valence-corrected chi connectivity index (χ3v) is 2.98. The van der Waals surface area contributed by atoms with Gasteiger partial charge in [-0.05, 0) is 38.5 Å². The lowest BCUT2D eigenvalue weighted by Crippen LogP contribution is -2.33. The molecule has 1 rings (SSSR count). The molecular formula is C16H24N2O3. The van der Waals surface area contributed by atoms with Crippen LogP contribution >= 0.6 is 0 Å². The van der Waals surface area contributed by atoms with Crippen LogP contribution in [-0.2, 0) is 9.47 Å². The molecule has 0 saturated heterocycles. The van der Waals surface area contributed by atoms with E-state index in [1.807, 2.05) is 44.2 Å². The van der Waals surface area contributed by atoms with E-state index in [1.54, 1.807) is 0 Å². The Morgan fingerprint density at radius 1 is 1.14 bits per heavy atom. The van der Waals surface area contributed by atoms with Crippen LogP contribution in [-0.4, -0.2) is 32.7 Å². The summed E-state index contributed by atoms with van der Waals surface area (Å²) in [5.74, 6) is 0.703. The molecule has 5 nitrogen and oxygen atoms in total. The molecule has 0 heterocycles. The van der Waals surface area contributed by atoms with Crippen LogP contribution in [0.25, 0.3) is 0 Å². The Kier molecular flexibility index (Phi) is 8.44.